The SMILES string of the molecule is CC1(SSC2(C)CC=CO2)CC=CO1. The Morgan fingerprint density at radius 1 is 0.929 bits per heavy atom. The van der Waals surface area contributed by atoms with Gasteiger partial charge in [0.05, 0.1) is 12.5 Å². The van der Waals surface area contributed by atoms with E-state index in [0.717, 1.165) is 12.8 Å². The molecule has 2 rings (SSSR count). The lowest BCUT2D eigenvalue weighted by Crippen LogP contribution is -2.21. The van der Waals surface area contributed by atoms with Crippen molar-refractivity contribution in [2.75, 3.05) is 0 Å². The first-order chi connectivity index (χ1) is 6.62. The van der Waals surface area contributed by atoms with E-state index in [-0.39, 0.29) is 9.87 Å². The van der Waals surface area contributed by atoms with Crippen molar-refractivity contribution in [3.8, 4) is 0 Å². The van der Waals surface area contributed by atoms with E-state index in [9.17, 15) is 0 Å². The highest BCUT2D eigenvalue weighted by atomic mass is 33.1. The molecule has 2 aliphatic rings. The van der Waals surface area contributed by atoms with Crippen LogP contribution in [0, 0.1) is 0 Å². The summed E-state index contributed by atoms with van der Waals surface area (Å²) in [6.07, 6.45) is 9.61. The third-order valence-corrected chi connectivity index (χ3v) is 5.88. The first-order valence-corrected chi connectivity index (χ1v) is 6.79. The van der Waals surface area contributed by atoms with E-state index in [2.05, 4.69) is 26.0 Å². The van der Waals surface area contributed by atoms with Gasteiger partial charge in [0.2, 0.25) is 0 Å². The van der Waals surface area contributed by atoms with Crippen LogP contribution in [0.4, 0.5) is 0 Å². The van der Waals surface area contributed by atoms with Crippen LogP contribution in [0.5, 0.6) is 0 Å². The Bertz CT molecular complexity index is 229. The van der Waals surface area contributed by atoms with Crippen molar-refractivity contribution in [3.05, 3.63) is 24.7 Å². The molecule has 2 unspecified atom stereocenters. The minimum absolute atomic E-state index is 0.111. The molecular weight excluding hydrogens is 216 g/mol. The van der Waals surface area contributed by atoms with Gasteiger partial charge in [-0.2, -0.15) is 0 Å². The third kappa shape index (κ3) is 2.23. The van der Waals surface area contributed by atoms with Gasteiger partial charge in [-0.25, -0.2) is 0 Å². The number of ether oxygens (including phenoxy) is 2. The zero-order chi connectivity index (χ0) is 10.1. The number of rotatable bonds is 3. The normalized spacial score (nSPS) is 39.9. The number of hydrogen-bond acceptors (Lipinski definition) is 4. The summed E-state index contributed by atoms with van der Waals surface area (Å²) in [5, 5.41) is 0. The fourth-order valence-electron chi connectivity index (χ4n) is 1.29. The van der Waals surface area contributed by atoms with E-state index in [4.69, 9.17) is 9.47 Å². The summed E-state index contributed by atoms with van der Waals surface area (Å²) in [6.45, 7) is 4.22. The fraction of sp³-hybridized carbons (Fsp3) is 0.600. The van der Waals surface area contributed by atoms with Gasteiger partial charge >= 0.3 is 0 Å². The first-order valence-electron chi connectivity index (χ1n) is 4.64. The summed E-state index contributed by atoms with van der Waals surface area (Å²) in [7, 11) is 3.50. The molecule has 0 aromatic rings. The molecule has 14 heavy (non-hydrogen) atoms. The minimum Gasteiger partial charge on any atom is -0.484 e. The third-order valence-electron chi connectivity index (χ3n) is 2.20. The molecule has 0 N–H and O–H groups in total. The van der Waals surface area contributed by atoms with E-state index < -0.39 is 0 Å². The molecule has 0 radical (unpaired) electrons. The van der Waals surface area contributed by atoms with Crippen LogP contribution in [0.15, 0.2) is 24.7 Å². The molecule has 0 saturated carbocycles. The molecule has 2 nitrogen and oxygen atoms in total. The highest BCUT2D eigenvalue weighted by Crippen LogP contribution is 2.50. The van der Waals surface area contributed by atoms with Gasteiger partial charge in [0.25, 0.3) is 0 Å². The van der Waals surface area contributed by atoms with E-state index in [0.29, 0.717) is 0 Å². The highest BCUT2D eigenvalue weighted by molar-refractivity contribution is 8.77. The summed E-state index contributed by atoms with van der Waals surface area (Å²) >= 11 is 0. The molecule has 4 heteroatoms. The average molecular weight is 230 g/mol. The van der Waals surface area contributed by atoms with E-state index in [1.165, 1.54) is 0 Å². The van der Waals surface area contributed by atoms with Crippen LogP contribution in [-0.2, 0) is 9.47 Å². The predicted octanol–water partition coefficient (Wildman–Crippen LogP) is 3.67. The zero-order valence-corrected chi connectivity index (χ0v) is 9.99. The van der Waals surface area contributed by atoms with Crippen LogP contribution < -0.4 is 0 Å². The lowest BCUT2D eigenvalue weighted by Gasteiger charge is -2.28. The van der Waals surface area contributed by atoms with Crippen LogP contribution in [0.1, 0.15) is 26.7 Å². The Labute approximate surface area is 92.5 Å². The molecular formula is C10H14O2S2. The standard InChI is InChI=1S/C10H14O2S2/c1-9(5-3-7-11-9)13-14-10(2)6-4-8-12-10/h3-4,7-8H,5-6H2,1-2H3. The summed E-state index contributed by atoms with van der Waals surface area (Å²) in [5.41, 5.74) is 0. The first kappa shape index (κ1) is 10.3. The van der Waals surface area contributed by atoms with E-state index >= 15 is 0 Å². The monoisotopic (exact) mass is 230 g/mol. The molecule has 2 heterocycles. The van der Waals surface area contributed by atoms with E-state index in [1.807, 2.05) is 0 Å². The van der Waals surface area contributed by atoms with Crippen molar-refractivity contribution in [1.29, 1.82) is 0 Å². The predicted molar refractivity (Wildman–Crippen MR) is 61.7 cm³/mol. The molecule has 2 atom stereocenters. The average Bonchev–Trinajstić information content (AvgIpc) is 2.74. The van der Waals surface area contributed by atoms with Crippen molar-refractivity contribution in [1.82, 2.24) is 0 Å². The molecule has 2 aliphatic heterocycles. The van der Waals surface area contributed by atoms with Crippen LogP contribution in [0.3, 0.4) is 0 Å². The van der Waals surface area contributed by atoms with Gasteiger partial charge in [-0.1, -0.05) is 0 Å². The lowest BCUT2D eigenvalue weighted by atomic mass is 10.3. The Morgan fingerprint density at radius 2 is 1.36 bits per heavy atom. The van der Waals surface area contributed by atoms with Crippen LogP contribution in [0.25, 0.3) is 0 Å². The van der Waals surface area contributed by atoms with Gasteiger partial charge in [0, 0.05) is 12.8 Å². The summed E-state index contributed by atoms with van der Waals surface area (Å²) in [5.74, 6) is 0. The Balaban J connectivity index is 1.82. The molecule has 0 aromatic heterocycles. The molecule has 0 bridgehead atoms. The van der Waals surface area contributed by atoms with Gasteiger partial charge in [0.15, 0.2) is 9.87 Å². The van der Waals surface area contributed by atoms with Gasteiger partial charge in [-0.3, -0.25) is 0 Å². The number of hydrogen-bond donors (Lipinski definition) is 0. The van der Waals surface area contributed by atoms with Gasteiger partial charge < -0.3 is 9.47 Å². The summed E-state index contributed by atoms with van der Waals surface area (Å²) < 4.78 is 11.1. The van der Waals surface area contributed by atoms with Crippen molar-refractivity contribution in [2.24, 2.45) is 0 Å². The van der Waals surface area contributed by atoms with Crippen LogP contribution in [0.2, 0.25) is 0 Å². The Morgan fingerprint density at radius 3 is 1.64 bits per heavy atom. The van der Waals surface area contributed by atoms with Gasteiger partial charge in [-0.15, -0.1) is 0 Å². The molecule has 0 saturated heterocycles. The molecule has 0 spiro atoms. The second-order valence-corrected chi connectivity index (χ2v) is 6.88. The van der Waals surface area contributed by atoms with Crippen LogP contribution >= 0.6 is 21.6 Å². The smallest absolute Gasteiger partial charge is 0.164 e. The molecule has 0 fully saturated rings. The zero-order valence-electron chi connectivity index (χ0n) is 8.36. The second-order valence-electron chi connectivity index (χ2n) is 3.82. The maximum Gasteiger partial charge on any atom is 0.164 e. The summed E-state index contributed by atoms with van der Waals surface area (Å²) in [4.78, 5) is -0.223. The topological polar surface area (TPSA) is 18.5 Å². The Kier molecular flexibility index (Phi) is 2.75. The van der Waals surface area contributed by atoms with Crippen molar-refractivity contribution in [2.45, 2.75) is 36.6 Å². The summed E-state index contributed by atoms with van der Waals surface area (Å²) in [6, 6.07) is 0. The van der Waals surface area contributed by atoms with Crippen molar-refractivity contribution < 1.29 is 9.47 Å². The quantitative estimate of drug-likeness (QED) is 0.688. The largest absolute Gasteiger partial charge is 0.484 e. The van der Waals surface area contributed by atoms with Gasteiger partial charge in [0.1, 0.15) is 0 Å². The molecule has 0 amide bonds. The van der Waals surface area contributed by atoms with Crippen molar-refractivity contribution in [3.63, 3.8) is 0 Å². The maximum absolute atomic E-state index is 5.53. The minimum atomic E-state index is -0.111. The Hall–Kier alpha value is -0.220. The fourth-order valence-corrected chi connectivity index (χ4v) is 3.86. The van der Waals surface area contributed by atoms with Crippen LogP contribution in [-0.4, -0.2) is 9.87 Å². The van der Waals surface area contributed by atoms with Gasteiger partial charge in [-0.05, 0) is 47.6 Å². The molecule has 78 valence electrons. The maximum atomic E-state index is 5.53. The lowest BCUT2D eigenvalue weighted by molar-refractivity contribution is 0.152. The molecule has 0 aromatic carbocycles. The molecule has 0 aliphatic carbocycles. The highest BCUT2D eigenvalue weighted by Gasteiger charge is 2.35. The second kappa shape index (κ2) is 3.74. The van der Waals surface area contributed by atoms with Crippen molar-refractivity contribution >= 4 is 21.6 Å². The van der Waals surface area contributed by atoms with E-state index in [1.54, 1.807) is 34.1 Å².